The number of benzene rings is 2. The maximum atomic E-state index is 12.5. The van der Waals surface area contributed by atoms with Crippen LogP contribution in [0.4, 0.5) is 17.1 Å². The summed E-state index contributed by atoms with van der Waals surface area (Å²) >= 11 is 0. The lowest BCUT2D eigenvalue weighted by Gasteiger charge is -2.22. The van der Waals surface area contributed by atoms with E-state index >= 15 is 0 Å². The van der Waals surface area contributed by atoms with Crippen LogP contribution >= 0.6 is 0 Å². The molecule has 0 aromatic heterocycles. The molecule has 2 amide bonds. The summed E-state index contributed by atoms with van der Waals surface area (Å²) < 4.78 is 0. The van der Waals surface area contributed by atoms with Gasteiger partial charge in [0, 0.05) is 37.1 Å². The first-order chi connectivity index (χ1) is 12.9. The topological polar surface area (TPSA) is 52.7 Å². The van der Waals surface area contributed by atoms with Crippen LogP contribution in [0.25, 0.3) is 0 Å². The molecule has 0 bridgehead atoms. The van der Waals surface area contributed by atoms with Gasteiger partial charge in [-0.3, -0.25) is 9.59 Å². The van der Waals surface area contributed by atoms with E-state index in [4.69, 9.17) is 0 Å². The van der Waals surface area contributed by atoms with Crippen LogP contribution in [0.3, 0.4) is 0 Å². The highest BCUT2D eigenvalue weighted by molar-refractivity contribution is 6.01. The average molecular weight is 365 g/mol. The van der Waals surface area contributed by atoms with Crippen molar-refractivity contribution in [3.05, 3.63) is 53.6 Å². The van der Waals surface area contributed by atoms with E-state index < -0.39 is 0 Å². The second-order valence-electron chi connectivity index (χ2n) is 7.16. The highest BCUT2D eigenvalue weighted by atomic mass is 16.2. The molecule has 1 fully saturated rings. The largest absolute Gasteiger partial charge is 0.372 e. The number of anilines is 3. The summed E-state index contributed by atoms with van der Waals surface area (Å²) in [6.07, 6.45) is 2.47. The summed E-state index contributed by atoms with van der Waals surface area (Å²) in [6.45, 7) is 7.68. The van der Waals surface area contributed by atoms with Crippen LogP contribution in [0, 0.1) is 13.8 Å². The molecule has 2 aromatic carbocycles. The molecule has 1 aliphatic heterocycles. The molecule has 0 saturated carbocycles. The highest BCUT2D eigenvalue weighted by Gasteiger charge is 2.17. The lowest BCUT2D eigenvalue weighted by molar-refractivity contribution is -0.120. The minimum absolute atomic E-state index is 0.00822. The second kappa shape index (κ2) is 8.25. The van der Waals surface area contributed by atoms with Crippen LogP contribution in [0.2, 0.25) is 0 Å². The van der Waals surface area contributed by atoms with Gasteiger partial charge in [0.15, 0.2) is 0 Å². The normalized spacial score (nSPS) is 13.5. The van der Waals surface area contributed by atoms with E-state index in [-0.39, 0.29) is 18.4 Å². The minimum Gasteiger partial charge on any atom is -0.372 e. The summed E-state index contributed by atoms with van der Waals surface area (Å²) in [5.74, 6) is -0.366. The Balaban J connectivity index is 1.65. The number of rotatable bonds is 5. The molecular weight excluding hydrogens is 338 g/mol. The number of nitrogens with one attached hydrogen (secondary N) is 1. The summed E-state index contributed by atoms with van der Waals surface area (Å²) in [4.78, 5) is 28.4. The van der Waals surface area contributed by atoms with Crippen molar-refractivity contribution in [1.29, 1.82) is 0 Å². The molecule has 3 rings (SSSR count). The smallest absolute Gasteiger partial charge is 0.244 e. The van der Waals surface area contributed by atoms with Gasteiger partial charge in [0.2, 0.25) is 11.8 Å². The van der Waals surface area contributed by atoms with E-state index in [2.05, 4.69) is 10.2 Å². The minimum atomic E-state index is -0.211. The van der Waals surface area contributed by atoms with E-state index in [1.807, 2.05) is 56.3 Å². The SMILES string of the molecule is CC(=O)N(CC(=O)Nc1ccc(N2CCCC2)cc1)c1ccc(C)c(C)c1. The molecule has 2 aromatic rings. The van der Waals surface area contributed by atoms with Gasteiger partial charge in [-0.1, -0.05) is 6.07 Å². The fourth-order valence-corrected chi connectivity index (χ4v) is 3.35. The Labute approximate surface area is 161 Å². The first-order valence-electron chi connectivity index (χ1n) is 9.44. The van der Waals surface area contributed by atoms with Gasteiger partial charge in [0.25, 0.3) is 0 Å². The standard InChI is InChI=1S/C22H27N3O2/c1-16-6-9-21(14-17(16)2)25(18(3)26)15-22(27)23-19-7-10-20(11-8-19)24-12-4-5-13-24/h6-11,14H,4-5,12-13,15H2,1-3H3,(H,23,27). The maximum Gasteiger partial charge on any atom is 0.244 e. The molecule has 0 radical (unpaired) electrons. The number of carbonyl (C=O) groups excluding carboxylic acids is 2. The van der Waals surface area contributed by atoms with Crippen molar-refractivity contribution in [2.24, 2.45) is 0 Å². The molecule has 1 aliphatic rings. The summed E-state index contributed by atoms with van der Waals surface area (Å²) in [7, 11) is 0. The molecular formula is C22H27N3O2. The van der Waals surface area contributed by atoms with Crippen LogP contribution < -0.4 is 15.1 Å². The lowest BCUT2D eigenvalue weighted by atomic mass is 10.1. The van der Waals surface area contributed by atoms with Gasteiger partial charge in [0.1, 0.15) is 6.54 Å². The molecule has 0 aliphatic carbocycles. The molecule has 1 N–H and O–H groups in total. The van der Waals surface area contributed by atoms with Crippen molar-refractivity contribution in [1.82, 2.24) is 0 Å². The van der Waals surface area contributed by atoms with Crippen LogP contribution in [0.5, 0.6) is 0 Å². The Bertz CT molecular complexity index is 824. The Morgan fingerprint density at radius 2 is 1.67 bits per heavy atom. The van der Waals surface area contributed by atoms with E-state index in [1.165, 1.54) is 30.4 Å². The first kappa shape index (κ1) is 19.0. The van der Waals surface area contributed by atoms with Gasteiger partial charge in [-0.25, -0.2) is 0 Å². The Kier molecular flexibility index (Phi) is 5.79. The zero-order valence-electron chi connectivity index (χ0n) is 16.3. The highest BCUT2D eigenvalue weighted by Crippen LogP contribution is 2.22. The third-order valence-corrected chi connectivity index (χ3v) is 5.11. The lowest BCUT2D eigenvalue weighted by Crippen LogP contribution is -2.36. The van der Waals surface area contributed by atoms with Crippen molar-refractivity contribution < 1.29 is 9.59 Å². The summed E-state index contributed by atoms with van der Waals surface area (Å²) in [5.41, 5.74) is 4.92. The zero-order valence-corrected chi connectivity index (χ0v) is 16.3. The molecule has 5 nitrogen and oxygen atoms in total. The van der Waals surface area contributed by atoms with E-state index in [1.54, 1.807) is 0 Å². The number of hydrogen-bond acceptors (Lipinski definition) is 3. The predicted molar refractivity (Wildman–Crippen MR) is 110 cm³/mol. The maximum absolute atomic E-state index is 12.5. The van der Waals surface area contributed by atoms with Gasteiger partial charge in [-0.05, 0) is 74.2 Å². The molecule has 5 heteroatoms. The number of aryl methyl sites for hydroxylation is 2. The van der Waals surface area contributed by atoms with E-state index in [0.29, 0.717) is 0 Å². The quantitative estimate of drug-likeness (QED) is 0.874. The van der Waals surface area contributed by atoms with Crippen LogP contribution in [0.1, 0.15) is 30.9 Å². The Morgan fingerprint density at radius 3 is 2.26 bits per heavy atom. The molecule has 0 spiro atoms. The average Bonchev–Trinajstić information content (AvgIpc) is 3.17. The molecule has 27 heavy (non-hydrogen) atoms. The van der Waals surface area contributed by atoms with Crippen molar-refractivity contribution in [2.75, 3.05) is 34.8 Å². The Morgan fingerprint density at radius 1 is 1.00 bits per heavy atom. The summed E-state index contributed by atoms with van der Waals surface area (Å²) in [5, 5.41) is 2.89. The van der Waals surface area contributed by atoms with Gasteiger partial charge < -0.3 is 15.1 Å². The van der Waals surface area contributed by atoms with Crippen molar-refractivity contribution >= 4 is 28.9 Å². The van der Waals surface area contributed by atoms with E-state index in [9.17, 15) is 9.59 Å². The van der Waals surface area contributed by atoms with Gasteiger partial charge >= 0.3 is 0 Å². The first-order valence-corrected chi connectivity index (χ1v) is 9.44. The van der Waals surface area contributed by atoms with Crippen molar-refractivity contribution in [3.63, 3.8) is 0 Å². The summed E-state index contributed by atoms with van der Waals surface area (Å²) in [6, 6.07) is 13.7. The van der Waals surface area contributed by atoms with Crippen LogP contribution in [0.15, 0.2) is 42.5 Å². The van der Waals surface area contributed by atoms with Gasteiger partial charge in [-0.15, -0.1) is 0 Å². The second-order valence-corrected chi connectivity index (χ2v) is 7.16. The van der Waals surface area contributed by atoms with Crippen LogP contribution in [-0.4, -0.2) is 31.4 Å². The number of nitrogens with zero attached hydrogens (tertiary/aromatic N) is 2. The number of carbonyl (C=O) groups is 2. The van der Waals surface area contributed by atoms with E-state index in [0.717, 1.165) is 35.6 Å². The predicted octanol–water partition coefficient (Wildman–Crippen LogP) is 3.90. The molecule has 1 heterocycles. The third-order valence-electron chi connectivity index (χ3n) is 5.11. The number of amides is 2. The molecule has 142 valence electrons. The zero-order chi connectivity index (χ0) is 19.4. The Hall–Kier alpha value is -2.82. The third kappa shape index (κ3) is 4.67. The fraction of sp³-hybridized carbons (Fsp3) is 0.364. The molecule has 0 atom stereocenters. The van der Waals surface area contributed by atoms with Gasteiger partial charge in [0.05, 0.1) is 0 Å². The fourth-order valence-electron chi connectivity index (χ4n) is 3.35. The number of hydrogen-bond donors (Lipinski definition) is 1. The molecule has 1 saturated heterocycles. The van der Waals surface area contributed by atoms with Crippen molar-refractivity contribution in [3.8, 4) is 0 Å². The monoisotopic (exact) mass is 365 g/mol. The van der Waals surface area contributed by atoms with Gasteiger partial charge in [-0.2, -0.15) is 0 Å². The van der Waals surface area contributed by atoms with Crippen LogP contribution in [-0.2, 0) is 9.59 Å². The molecule has 0 unspecified atom stereocenters. The van der Waals surface area contributed by atoms with Crippen molar-refractivity contribution in [2.45, 2.75) is 33.6 Å².